The van der Waals surface area contributed by atoms with E-state index in [-0.39, 0.29) is 24.1 Å². The third kappa shape index (κ3) is 6.38. The SMILES string of the molecule is COc1ccc(C2(CC(=O)N(C)C(C)c3cc(Cl)cc4ccccc34)CCN(C(=O)OC(C)(C)C)C(C)C2)cc1. The largest absolute Gasteiger partial charge is 0.497 e. The molecule has 7 heteroatoms. The van der Waals surface area contributed by atoms with E-state index in [0.29, 0.717) is 30.8 Å². The summed E-state index contributed by atoms with van der Waals surface area (Å²) in [5, 5.41) is 2.79. The lowest BCUT2D eigenvalue weighted by Gasteiger charge is -2.46. The monoisotopic (exact) mass is 564 g/mol. The molecule has 0 N–H and O–H groups in total. The first-order valence-corrected chi connectivity index (χ1v) is 14.3. The molecule has 0 saturated carbocycles. The van der Waals surface area contributed by atoms with Gasteiger partial charge >= 0.3 is 6.09 Å². The summed E-state index contributed by atoms with van der Waals surface area (Å²) < 4.78 is 11.1. The number of hydrogen-bond acceptors (Lipinski definition) is 4. The number of piperidine rings is 1. The number of ether oxygens (including phenoxy) is 2. The highest BCUT2D eigenvalue weighted by Gasteiger charge is 2.44. The molecule has 3 unspecified atom stereocenters. The number of halogens is 1. The van der Waals surface area contributed by atoms with Gasteiger partial charge < -0.3 is 19.3 Å². The first-order chi connectivity index (χ1) is 18.8. The van der Waals surface area contributed by atoms with Crippen LogP contribution in [0.3, 0.4) is 0 Å². The van der Waals surface area contributed by atoms with E-state index in [1.54, 1.807) is 12.0 Å². The molecule has 6 nitrogen and oxygen atoms in total. The lowest BCUT2D eigenvalue weighted by Crippen LogP contribution is -2.52. The van der Waals surface area contributed by atoms with Gasteiger partial charge in [0.25, 0.3) is 0 Å². The Balaban J connectivity index is 1.62. The molecule has 3 aromatic rings. The minimum atomic E-state index is -0.569. The average molecular weight is 565 g/mol. The van der Waals surface area contributed by atoms with Crippen LogP contribution in [-0.2, 0) is 14.9 Å². The summed E-state index contributed by atoms with van der Waals surface area (Å²) in [6.45, 7) is 10.2. The van der Waals surface area contributed by atoms with Gasteiger partial charge in [-0.2, -0.15) is 0 Å². The van der Waals surface area contributed by atoms with Crippen molar-refractivity contribution >= 4 is 34.4 Å². The van der Waals surface area contributed by atoms with E-state index < -0.39 is 11.0 Å². The minimum absolute atomic E-state index is 0.0466. The van der Waals surface area contributed by atoms with E-state index in [1.807, 2.05) is 89.0 Å². The Morgan fingerprint density at radius 3 is 2.42 bits per heavy atom. The third-order valence-electron chi connectivity index (χ3n) is 8.15. The average Bonchev–Trinajstić information content (AvgIpc) is 2.90. The van der Waals surface area contributed by atoms with Gasteiger partial charge in [0.1, 0.15) is 11.4 Å². The molecule has 0 aromatic heterocycles. The number of nitrogens with zero attached hydrogens (tertiary/aromatic N) is 2. The van der Waals surface area contributed by atoms with Crippen LogP contribution in [0.15, 0.2) is 60.7 Å². The van der Waals surface area contributed by atoms with Crippen LogP contribution in [0, 0.1) is 0 Å². The van der Waals surface area contributed by atoms with Crippen LogP contribution in [-0.4, -0.2) is 54.1 Å². The summed E-state index contributed by atoms with van der Waals surface area (Å²) >= 11 is 6.47. The van der Waals surface area contributed by atoms with Gasteiger partial charge in [-0.15, -0.1) is 0 Å². The molecule has 4 rings (SSSR count). The lowest BCUT2D eigenvalue weighted by atomic mass is 9.68. The van der Waals surface area contributed by atoms with Crippen LogP contribution >= 0.6 is 11.6 Å². The molecule has 40 heavy (non-hydrogen) atoms. The van der Waals surface area contributed by atoms with Crippen molar-refractivity contribution in [2.45, 2.75) is 77.0 Å². The van der Waals surface area contributed by atoms with Gasteiger partial charge in [0, 0.05) is 36.5 Å². The second-order valence-corrected chi connectivity index (χ2v) is 12.5. The van der Waals surface area contributed by atoms with Crippen molar-refractivity contribution < 1.29 is 19.1 Å². The van der Waals surface area contributed by atoms with Crippen molar-refractivity contribution in [1.82, 2.24) is 9.80 Å². The number of fused-ring (bicyclic) bond motifs is 1. The number of hydrogen-bond donors (Lipinski definition) is 0. The van der Waals surface area contributed by atoms with E-state index >= 15 is 0 Å². The van der Waals surface area contributed by atoms with Crippen LogP contribution in [0.4, 0.5) is 4.79 Å². The molecule has 1 aliphatic rings. The summed E-state index contributed by atoms with van der Waals surface area (Å²) in [5.74, 6) is 0.813. The molecule has 3 aromatic carbocycles. The zero-order valence-corrected chi connectivity index (χ0v) is 25.4. The van der Waals surface area contributed by atoms with E-state index in [2.05, 4.69) is 18.2 Å². The topological polar surface area (TPSA) is 59.1 Å². The van der Waals surface area contributed by atoms with Crippen molar-refractivity contribution in [3.63, 3.8) is 0 Å². The maximum atomic E-state index is 14.0. The number of methoxy groups -OCH3 is 1. The number of carbonyl (C=O) groups excluding carboxylic acids is 2. The van der Waals surface area contributed by atoms with Crippen molar-refractivity contribution in [1.29, 1.82) is 0 Å². The van der Waals surface area contributed by atoms with E-state index in [4.69, 9.17) is 21.1 Å². The van der Waals surface area contributed by atoms with Crippen molar-refractivity contribution in [2.75, 3.05) is 20.7 Å². The molecule has 1 aliphatic heterocycles. The number of rotatable bonds is 6. The van der Waals surface area contributed by atoms with Gasteiger partial charge in [0.2, 0.25) is 5.91 Å². The highest BCUT2D eigenvalue weighted by molar-refractivity contribution is 6.31. The summed E-state index contributed by atoms with van der Waals surface area (Å²) in [6.07, 6.45) is 1.31. The molecule has 0 aliphatic carbocycles. The Hall–Kier alpha value is -3.25. The number of carbonyl (C=O) groups is 2. The quantitative estimate of drug-likeness (QED) is 0.307. The maximum absolute atomic E-state index is 14.0. The molecular formula is C33H41ClN2O4. The fourth-order valence-corrected chi connectivity index (χ4v) is 6.12. The smallest absolute Gasteiger partial charge is 0.410 e. The Morgan fingerprint density at radius 2 is 1.80 bits per heavy atom. The molecule has 3 atom stereocenters. The van der Waals surface area contributed by atoms with Gasteiger partial charge in [0.05, 0.1) is 13.2 Å². The fourth-order valence-electron chi connectivity index (χ4n) is 5.88. The lowest BCUT2D eigenvalue weighted by molar-refractivity contribution is -0.133. The van der Waals surface area contributed by atoms with Crippen molar-refractivity contribution in [2.24, 2.45) is 0 Å². The van der Waals surface area contributed by atoms with Crippen molar-refractivity contribution in [3.05, 3.63) is 76.8 Å². The number of amides is 2. The second kappa shape index (κ2) is 11.7. The third-order valence-corrected chi connectivity index (χ3v) is 8.37. The molecule has 0 bridgehead atoms. The normalized spacial score (nSPS) is 20.2. The predicted octanol–water partition coefficient (Wildman–Crippen LogP) is 7.77. The molecule has 0 radical (unpaired) electrons. The molecule has 214 valence electrons. The van der Waals surface area contributed by atoms with Gasteiger partial charge in [-0.3, -0.25) is 4.79 Å². The van der Waals surface area contributed by atoms with Gasteiger partial charge in [-0.05, 0) is 93.6 Å². The molecule has 1 heterocycles. The van der Waals surface area contributed by atoms with Crippen LogP contribution in [0.25, 0.3) is 10.8 Å². The summed E-state index contributed by atoms with van der Waals surface area (Å²) in [4.78, 5) is 30.6. The van der Waals surface area contributed by atoms with E-state index in [0.717, 1.165) is 27.6 Å². The zero-order chi connectivity index (χ0) is 29.2. The summed E-state index contributed by atoms with van der Waals surface area (Å²) in [5.41, 5.74) is 1.09. The standard InChI is InChI=1S/C33H41ClN2O4/c1-22-20-33(25-12-14-27(39-7)15-13-25,16-17-36(22)31(38)40-32(3,4)5)21-30(37)35(6)23(2)29-19-26(34)18-24-10-8-9-11-28(24)29/h8-15,18-19,22-23H,16-17,20-21H2,1-7H3. The van der Waals surface area contributed by atoms with Crippen LogP contribution in [0.2, 0.25) is 5.02 Å². The van der Waals surface area contributed by atoms with Gasteiger partial charge in [-0.25, -0.2) is 4.79 Å². The highest BCUT2D eigenvalue weighted by Crippen LogP contribution is 2.43. The molecule has 0 spiro atoms. The fraction of sp³-hybridized carbons (Fsp3) is 0.455. The number of benzene rings is 3. The van der Waals surface area contributed by atoms with E-state index in [9.17, 15) is 9.59 Å². The Morgan fingerprint density at radius 1 is 1.12 bits per heavy atom. The maximum Gasteiger partial charge on any atom is 0.410 e. The van der Waals surface area contributed by atoms with Gasteiger partial charge in [0.15, 0.2) is 0 Å². The Kier molecular flexibility index (Phi) is 8.69. The zero-order valence-electron chi connectivity index (χ0n) is 24.7. The second-order valence-electron chi connectivity index (χ2n) is 12.1. The summed E-state index contributed by atoms with van der Waals surface area (Å²) in [7, 11) is 3.51. The van der Waals surface area contributed by atoms with Crippen molar-refractivity contribution in [3.8, 4) is 5.75 Å². The molecule has 1 saturated heterocycles. The van der Waals surface area contributed by atoms with E-state index in [1.165, 1.54) is 0 Å². The minimum Gasteiger partial charge on any atom is -0.497 e. The van der Waals surface area contributed by atoms with Crippen LogP contribution in [0.5, 0.6) is 5.75 Å². The Labute approximate surface area is 243 Å². The molecular weight excluding hydrogens is 524 g/mol. The summed E-state index contributed by atoms with van der Waals surface area (Å²) in [6, 6.07) is 19.7. The highest BCUT2D eigenvalue weighted by atomic mass is 35.5. The van der Waals surface area contributed by atoms with Crippen LogP contribution < -0.4 is 4.74 Å². The first kappa shape index (κ1) is 29.7. The van der Waals surface area contributed by atoms with Gasteiger partial charge in [-0.1, -0.05) is 48.0 Å². The molecule has 1 fully saturated rings. The number of likely N-dealkylation sites (tertiary alicyclic amines) is 1. The predicted molar refractivity (Wildman–Crippen MR) is 161 cm³/mol. The first-order valence-electron chi connectivity index (χ1n) is 13.9. The molecule has 2 amide bonds. The van der Waals surface area contributed by atoms with Crippen LogP contribution in [0.1, 0.15) is 71.0 Å². The Bertz CT molecular complexity index is 1370.